The van der Waals surface area contributed by atoms with Crippen LogP contribution in [0.4, 0.5) is 0 Å². The zero-order valence-electron chi connectivity index (χ0n) is 15.8. The zero-order chi connectivity index (χ0) is 20.8. The first kappa shape index (κ1) is 19.3. The summed E-state index contributed by atoms with van der Waals surface area (Å²) in [6, 6.07) is 7.40. The molecule has 0 amide bonds. The number of hydrogen-bond acceptors (Lipinski definition) is 8. The molecule has 4 rings (SSSR count). The molecule has 1 heterocycles. The Kier molecular flexibility index (Phi) is 4.70. The third kappa shape index (κ3) is 3.02. The van der Waals surface area contributed by atoms with Crippen LogP contribution in [-0.4, -0.2) is 22.8 Å². The van der Waals surface area contributed by atoms with Gasteiger partial charge in [-0.25, -0.2) is 4.89 Å². The minimum absolute atomic E-state index is 0.00134. The van der Waals surface area contributed by atoms with Crippen molar-refractivity contribution in [3.8, 4) is 11.5 Å². The molecule has 8 nitrogen and oxygen atoms in total. The molecule has 0 bridgehead atoms. The molecule has 29 heavy (non-hydrogen) atoms. The van der Waals surface area contributed by atoms with Gasteiger partial charge < -0.3 is 14.6 Å². The molecular weight excluding hydrogens is 380 g/mol. The molecule has 1 atom stereocenters. The van der Waals surface area contributed by atoms with E-state index in [1.165, 1.54) is 30.3 Å². The van der Waals surface area contributed by atoms with Crippen LogP contribution < -0.4 is 9.47 Å². The third-order valence-electron chi connectivity index (χ3n) is 4.81. The molecule has 1 aliphatic heterocycles. The molecule has 1 unspecified atom stereocenters. The van der Waals surface area contributed by atoms with E-state index in [2.05, 4.69) is 0 Å². The summed E-state index contributed by atoms with van der Waals surface area (Å²) in [6.45, 7) is 3.22. The van der Waals surface area contributed by atoms with E-state index >= 15 is 0 Å². The predicted octanol–water partition coefficient (Wildman–Crippen LogP) is 2.52. The standard InChI is InChI=1S/C21H18O8/c1-3-16(22)27-12-8-11-10-26-29-21(25)18(11)14(9-12)20(24)13-6-5-7-15(19(13)21)28-17(23)4-2/h5-9,25H,3-4,10H2,1-2H3. The number of ether oxygens (including phenoxy) is 2. The van der Waals surface area contributed by atoms with Crippen LogP contribution >= 0.6 is 0 Å². The van der Waals surface area contributed by atoms with Crippen LogP contribution in [0.5, 0.6) is 11.5 Å². The van der Waals surface area contributed by atoms with Gasteiger partial charge in [0, 0.05) is 29.5 Å². The summed E-state index contributed by atoms with van der Waals surface area (Å²) in [5.41, 5.74) is 0.817. The Hall–Kier alpha value is -3.07. The molecule has 2 aliphatic rings. The van der Waals surface area contributed by atoms with E-state index in [9.17, 15) is 19.5 Å². The monoisotopic (exact) mass is 398 g/mol. The molecule has 1 N–H and O–H groups in total. The first-order chi connectivity index (χ1) is 13.9. The molecule has 2 aromatic rings. The second-order valence-electron chi connectivity index (χ2n) is 6.66. The summed E-state index contributed by atoms with van der Waals surface area (Å²) >= 11 is 0. The summed E-state index contributed by atoms with van der Waals surface area (Å²) < 4.78 is 10.6. The minimum atomic E-state index is -2.16. The van der Waals surface area contributed by atoms with Crippen LogP contribution in [0.25, 0.3) is 0 Å². The van der Waals surface area contributed by atoms with Crippen molar-refractivity contribution in [2.24, 2.45) is 0 Å². The van der Waals surface area contributed by atoms with Crippen molar-refractivity contribution in [1.82, 2.24) is 0 Å². The van der Waals surface area contributed by atoms with Gasteiger partial charge in [-0.15, -0.1) is 0 Å². The van der Waals surface area contributed by atoms with Gasteiger partial charge in [0.05, 0.1) is 5.56 Å². The largest absolute Gasteiger partial charge is 0.427 e. The average Bonchev–Trinajstić information content (AvgIpc) is 2.71. The number of benzene rings is 2. The van der Waals surface area contributed by atoms with E-state index < -0.39 is 23.5 Å². The summed E-state index contributed by atoms with van der Waals surface area (Å²) in [6.07, 6.45) is 0.278. The molecule has 1 aliphatic carbocycles. The highest BCUT2D eigenvalue weighted by Gasteiger charge is 2.51. The van der Waals surface area contributed by atoms with Gasteiger partial charge >= 0.3 is 11.9 Å². The molecule has 0 aromatic heterocycles. The SMILES string of the molecule is CCC(=O)Oc1cc2c3c(c1)C(=O)c1cccc(OC(=O)CC)c1C3(O)OOC2. The molecule has 2 aromatic carbocycles. The van der Waals surface area contributed by atoms with Crippen molar-refractivity contribution in [2.75, 3.05) is 0 Å². The van der Waals surface area contributed by atoms with Gasteiger partial charge in [0.25, 0.3) is 5.79 Å². The number of hydrogen-bond donors (Lipinski definition) is 1. The molecule has 0 saturated heterocycles. The quantitative estimate of drug-likeness (QED) is 0.475. The van der Waals surface area contributed by atoms with E-state index in [0.29, 0.717) is 5.56 Å². The fraction of sp³-hybridized carbons (Fsp3) is 0.286. The van der Waals surface area contributed by atoms with Crippen LogP contribution in [0.1, 0.15) is 59.3 Å². The van der Waals surface area contributed by atoms with Crippen molar-refractivity contribution in [1.29, 1.82) is 0 Å². The Morgan fingerprint density at radius 1 is 1.07 bits per heavy atom. The number of carbonyl (C=O) groups excluding carboxylic acids is 3. The van der Waals surface area contributed by atoms with Crippen LogP contribution in [0, 0.1) is 0 Å². The lowest BCUT2D eigenvalue weighted by molar-refractivity contribution is -0.429. The number of ketones is 1. The van der Waals surface area contributed by atoms with Gasteiger partial charge in [0.1, 0.15) is 18.1 Å². The molecule has 150 valence electrons. The Morgan fingerprint density at radius 2 is 1.79 bits per heavy atom. The van der Waals surface area contributed by atoms with Crippen LogP contribution in [0.15, 0.2) is 30.3 Å². The highest BCUT2D eigenvalue weighted by Crippen LogP contribution is 2.49. The normalized spacial score (nSPS) is 19.2. The first-order valence-corrected chi connectivity index (χ1v) is 9.19. The third-order valence-corrected chi connectivity index (χ3v) is 4.81. The maximum atomic E-state index is 13.2. The predicted molar refractivity (Wildman–Crippen MR) is 97.0 cm³/mol. The lowest BCUT2D eigenvalue weighted by Crippen LogP contribution is -2.42. The highest BCUT2D eigenvalue weighted by molar-refractivity contribution is 6.14. The maximum Gasteiger partial charge on any atom is 0.310 e. The highest BCUT2D eigenvalue weighted by atomic mass is 17.2. The Balaban J connectivity index is 1.92. The van der Waals surface area contributed by atoms with Crippen molar-refractivity contribution in [3.05, 3.63) is 58.1 Å². The minimum Gasteiger partial charge on any atom is -0.427 e. The van der Waals surface area contributed by atoms with Gasteiger partial charge in [-0.3, -0.25) is 14.4 Å². The number of esters is 2. The first-order valence-electron chi connectivity index (χ1n) is 9.19. The lowest BCUT2D eigenvalue weighted by atomic mass is 9.77. The Bertz CT molecular complexity index is 1040. The zero-order valence-corrected chi connectivity index (χ0v) is 15.8. The summed E-state index contributed by atoms with van der Waals surface area (Å²) in [7, 11) is 0. The van der Waals surface area contributed by atoms with E-state index in [4.69, 9.17) is 19.2 Å². The molecule has 8 heteroatoms. The van der Waals surface area contributed by atoms with Gasteiger partial charge in [0.2, 0.25) is 0 Å². The Labute approximate surface area is 165 Å². The van der Waals surface area contributed by atoms with E-state index in [1.807, 2.05) is 0 Å². The van der Waals surface area contributed by atoms with Gasteiger partial charge in [-0.2, -0.15) is 4.89 Å². The number of aliphatic hydroxyl groups is 1. The summed E-state index contributed by atoms with van der Waals surface area (Å²) in [5.74, 6) is -3.39. The fourth-order valence-corrected chi connectivity index (χ4v) is 3.51. The smallest absolute Gasteiger partial charge is 0.310 e. The van der Waals surface area contributed by atoms with E-state index in [1.54, 1.807) is 13.8 Å². The second-order valence-corrected chi connectivity index (χ2v) is 6.66. The van der Waals surface area contributed by atoms with Crippen LogP contribution in [0.2, 0.25) is 0 Å². The maximum absolute atomic E-state index is 13.2. The molecular formula is C21H18O8. The summed E-state index contributed by atoms with van der Waals surface area (Å²) in [4.78, 5) is 47.1. The van der Waals surface area contributed by atoms with Crippen molar-refractivity contribution < 1.29 is 38.7 Å². The van der Waals surface area contributed by atoms with Crippen molar-refractivity contribution in [2.45, 2.75) is 39.1 Å². The van der Waals surface area contributed by atoms with Gasteiger partial charge in [0.15, 0.2) is 5.78 Å². The summed E-state index contributed by atoms with van der Waals surface area (Å²) in [5, 5.41) is 11.4. The van der Waals surface area contributed by atoms with E-state index in [-0.39, 0.29) is 53.2 Å². The number of rotatable bonds is 4. The van der Waals surface area contributed by atoms with Crippen molar-refractivity contribution in [3.63, 3.8) is 0 Å². The van der Waals surface area contributed by atoms with Gasteiger partial charge in [-0.05, 0) is 23.8 Å². The topological polar surface area (TPSA) is 108 Å². The average molecular weight is 398 g/mol. The van der Waals surface area contributed by atoms with Crippen LogP contribution in [0.3, 0.4) is 0 Å². The van der Waals surface area contributed by atoms with Crippen LogP contribution in [-0.2, 0) is 31.8 Å². The number of carbonyl (C=O) groups is 3. The van der Waals surface area contributed by atoms with E-state index in [0.717, 1.165) is 0 Å². The molecule has 0 radical (unpaired) electrons. The van der Waals surface area contributed by atoms with Crippen molar-refractivity contribution >= 4 is 17.7 Å². The fourth-order valence-electron chi connectivity index (χ4n) is 3.51. The molecule has 0 fully saturated rings. The Morgan fingerprint density at radius 3 is 2.52 bits per heavy atom. The van der Waals surface area contributed by atoms with Gasteiger partial charge in [-0.1, -0.05) is 26.0 Å². The second kappa shape index (κ2) is 7.07. The number of fused-ring (bicyclic) bond motifs is 2. The molecule has 0 saturated carbocycles. The lowest BCUT2D eigenvalue weighted by Gasteiger charge is -2.39. The molecule has 0 spiro atoms.